The fourth-order valence-electron chi connectivity index (χ4n) is 3.46. The van der Waals surface area contributed by atoms with Crippen molar-refractivity contribution in [2.75, 3.05) is 19.6 Å². The number of guanidine groups is 1. The van der Waals surface area contributed by atoms with Gasteiger partial charge >= 0.3 is 0 Å². The summed E-state index contributed by atoms with van der Waals surface area (Å²) in [6, 6.07) is 15.8. The summed E-state index contributed by atoms with van der Waals surface area (Å²) in [6.07, 6.45) is 0.965. The van der Waals surface area contributed by atoms with Crippen LogP contribution in [0.2, 0.25) is 0 Å². The Morgan fingerprint density at radius 1 is 1.00 bits per heavy atom. The van der Waals surface area contributed by atoms with Gasteiger partial charge in [-0.05, 0) is 57.0 Å². The van der Waals surface area contributed by atoms with Crippen LogP contribution in [0.3, 0.4) is 0 Å². The zero-order valence-electron chi connectivity index (χ0n) is 19.0. The molecule has 0 spiro atoms. The van der Waals surface area contributed by atoms with E-state index in [1.165, 1.54) is 5.52 Å². The molecule has 0 atom stereocenters. The molecular weight excluding hydrogens is 515 g/mol. The second kappa shape index (κ2) is 13.0. The SMILES string of the molecule is CCNC(=O)c1ccc(CN=C(NCC)NCCCn2c(C)nc3ccccc32)cc1.I. The normalized spacial score (nSPS) is 11.2. The molecule has 0 aliphatic rings. The summed E-state index contributed by atoms with van der Waals surface area (Å²) in [6.45, 7) is 9.71. The molecule has 0 unspecified atom stereocenters. The van der Waals surface area contributed by atoms with Crippen LogP contribution < -0.4 is 16.0 Å². The molecule has 1 amide bonds. The van der Waals surface area contributed by atoms with E-state index in [0.29, 0.717) is 18.7 Å². The summed E-state index contributed by atoms with van der Waals surface area (Å²) < 4.78 is 2.26. The number of aryl methyl sites for hydroxylation is 2. The highest BCUT2D eigenvalue weighted by molar-refractivity contribution is 14.0. The van der Waals surface area contributed by atoms with E-state index in [1.807, 2.05) is 37.3 Å². The van der Waals surface area contributed by atoms with Crippen LogP contribution in [0.15, 0.2) is 53.5 Å². The third-order valence-corrected chi connectivity index (χ3v) is 5.01. The molecule has 0 fully saturated rings. The Labute approximate surface area is 207 Å². The number of hydrogen-bond donors (Lipinski definition) is 3. The van der Waals surface area contributed by atoms with Crippen LogP contribution in [-0.2, 0) is 13.1 Å². The van der Waals surface area contributed by atoms with E-state index >= 15 is 0 Å². The lowest BCUT2D eigenvalue weighted by molar-refractivity contribution is 0.0956. The number of imidazole rings is 1. The maximum atomic E-state index is 11.9. The van der Waals surface area contributed by atoms with E-state index in [-0.39, 0.29) is 29.9 Å². The first kappa shape index (κ1) is 25.6. The summed E-state index contributed by atoms with van der Waals surface area (Å²) in [5.74, 6) is 1.79. The van der Waals surface area contributed by atoms with Crippen LogP contribution in [-0.4, -0.2) is 41.1 Å². The molecule has 8 heteroatoms. The van der Waals surface area contributed by atoms with Gasteiger partial charge in [0, 0.05) is 31.7 Å². The minimum absolute atomic E-state index is 0. The number of nitrogens with one attached hydrogen (secondary N) is 3. The number of nitrogens with zero attached hydrogens (tertiary/aromatic N) is 3. The van der Waals surface area contributed by atoms with E-state index in [0.717, 1.165) is 48.9 Å². The van der Waals surface area contributed by atoms with E-state index in [9.17, 15) is 4.79 Å². The number of halogens is 1. The van der Waals surface area contributed by atoms with Gasteiger partial charge in [0.15, 0.2) is 5.96 Å². The third kappa shape index (κ3) is 6.94. The van der Waals surface area contributed by atoms with Gasteiger partial charge in [-0.2, -0.15) is 0 Å². The fraction of sp³-hybridized carbons (Fsp3) is 0.375. The van der Waals surface area contributed by atoms with Crippen molar-refractivity contribution in [2.45, 2.75) is 40.3 Å². The largest absolute Gasteiger partial charge is 0.357 e. The average Bonchev–Trinajstić information content (AvgIpc) is 3.10. The highest BCUT2D eigenvalue weighted by Crippen LogP contribution is 2.15. The maximum Gasteiger partial charge on any atom is 0.251 e. The quantitative estimate of drug-likeness (QED) is 0.164. The molecule has 3 rings (SSSR count). The summed E-state index contributed by atoms with van der Waals surface area (Å²) in [5.41, 5.74) is 3.95. The molecule has 3 N–H and O–H groups in total. The molecule has 172 valence electrons. The van der Waals surface area contributed by atoms with Crippen molar-refractivity contribution < 1.29 is 4.79 Å². The highest BCUT2D eigenvalue weighted by Gasteiger charge is 2.07. The van der Waals surface area contributed by atoms with Crippen molar-refractivity contribution in [2.24, 2.45) is 4.99 Å². The standard InChI is InChI=1S/C24H32N6O.HI/c1-4-25-23(31)20-13-11-19(12-14-20)17-28-24(26-5-2)27-15-8-16-30-18(3)29-21-9-6-7-10-22(21)30;/h6-7,9-14H,4-5,8,15-17H2,1-3H3,(H,25,31)(H2,26,27,28);1H. The Morgan fingerprint density at radius 3 is 2.44 bits per heavy atom. The predicted octanol–water partition coefficient (Wildman–Crippen LogP) is 3.86. The monoisotopic (exact) mass is 548 g/mol. The van der Waals surface area contributed by atoms with Crippen molar-refractivity contribution in [3.63, 3.8) is 0 Å². The number of carbonyl (C=O) groups is 1. The Kier molecular flexibility index (Phi) is 10.5. The van der Waals surface area contributed by atoms with E-state index in [1.54, 1.807) is 0 Å². The number of rotatable bonds is 9. The zero-order valence-corrected chi connectivity index (χ0v) is 21.3. The Morgan fingerprint density at radius 2 is 1.72 bits per heavy atom. The van der Waals surface area contributed by atoms with Crippen molar-refractivity contribution in [1.29, 1.82) is 0 Å². The van der Waals surface area contributed by atoms with Crippen LogP contribution in [0.1, 0.15) is 42.0 Å². The zero-order chi connectivity index (χ0) is 22.1. The predicted molar refractivity (Wildman–Crippen MR) is 142 cm³/mol. The second-order valence-electron chi connectivity index (χ2n) is 7.33. The summed E-state index contributed by atoms with van der Waals surface area (Å²) in [7, 11) is 0. The number of carbonyl (C=O) groups excluding carboxylic acids is 1. The van der Waals surface area contributed by atoms with Crippen LogP contribution in [0.5, 0.6) is 0 Å². The smallest absolute Gasteiger partial charge is 0.251 e. The number of hydrogen-bond acceptors (Lipinski definition) is 3. The summed E-state index contributed by atoms with van der Waals surface area (Å²) in [4.78, 5) is 21.2. The molecule has 3 aromatic rings. The number of para-hydroxylation sites is 2. The van der Waals surface area contributed by atoms with Gasteiger partial charge in [0.1, 0.15) is 5.82 Å². The Hall–Kier alpha value is -2.62. The number of benzene rings is 2. The molecule has 1 heterocycles. The van der Waals surface area contributed by atoms with Gasteiger partial charge in [-0.15, -0.1) is 24.0 Å². The number of fused-ring (bicyclic) bond motifs is 1. The van der Waals surface area contributed by atoms with E-state index < -0.39 is 0 Å². The summed E-state index contributed by atoms with van der Waals surface area (Å²) >= 11 is 0. The lowest BCUT2D eigenvalue weighted by atomic mass is 10.1. The molecular formula is C24H33IN6O. The third-order valence-electron chi connectivity index (χ3n) is 5.01. The lowest BCUT2D eigenvalue weighted by Crippen LogP contribution is -2.38. The average molecular weight is 548 g/mol. The Bertz CT molecular complexity index is 1030. The minimum Gasteiger partial charge on any atom is -0.357 e. The van der Waals surface area contributed by atoms with Crippen molar-refractivity contribution >= 4 is 46.9 Å². The Balaban J connectivity index is 0.00000363. The topological polar surface area (TPSA) is 83.3 Å². The number of aliphatic imine (C=N–C) groups is 1. The van der Waals surface area contributed by atoms with E-state index in [4.69, 9.17) is 0 Å². The van der Waals surface area contributed by atoms with Gasteiger partial charge < -0.3 is 20.5 Å². The number of aromatic nitrogens is 2. The first-order chi connectivity index (χ1) is 15.1. The van der Waals surface area contributed by atoms with Crippen molar-refractivity contribution in [3.8, 4) is 0 Å². The minimum atomic E-state index is -0.0477. The molecule has 1 aromatic heterocycles. The molecule has 0 aliphatic carbocycles. The van der Waals surface area contributed by atoms with Crippen LogP contribution in [0, 0.1) is 6.92 Å². The van der Waals surface area contributed by atoms with Gasteiger partial charge in [-0.25, -0.2) is 9.98 Å². The van der Waals surface area contributed by atoms with Gasteiger partial charge in [0.2, 0.25) is 0 Å². The lowest BCUT2D eigenvalue weighted by Gasteiger charge is -2.12. The van der Waals surface area contributed by atoms with Gasteiger partial charge in [0.25, 0.3) is 5.91 Å². The highest BCUT2D eigenvalue weighted by atomic mass is 127. The maximum absolute atomic E-state index is 11.9. The molecule has 0 saturated heterocycles. The first-order valence-electron chi connectivity index (χ1n) is 10.9. The van der Waals surface area contributed by atoms with Crippen LogP contribution in [0.25, 0.3) is 11.0 Å². The molecule has 0 aliphatic heterocycles. The van der Waals surface area contributed by atoms with E-state index in [2.05, 4.69) is 62.5 Å². The molecule has 0 radical (unpaired) electrons. The summed E-state index contributed by atoms with van der Waals surface area (Å²) in [5, 5.41) is 9.51. The fourth-order valence-corrected chi connectivity index (χ4v) is 3.46. The van der Waals surface area contributed by atoms with Crippen molar-refractivity contribution in [1.82, 2.24) is 25.5 Å². The molecule has 32 heavy (non-hydrogen) atoms. The molecule has 0 saturated carbocycles. The van der Waals surface area contributed by atoms with Gasteiger partial charge in [0.05, 0.1) is 17.6 Å². The molecule has 0 bridgehead atoms. The van der Waals surface area contributed by atoms with Gasteiger partial charge in [-0.3, -0.25) is 4.79 Å². The van der Waals surface area contributed by atoms with Crippen LogP contribution in [0.4, 0.5) is 0 Å². The molecule has 7 nitrogen and oxygen atoms in total. The first-order valence-corrected chi connectivity index (χ1v) is 10.9. The molecule has 2 aromatic carbocycles. The van der Waals surface area contributed by atoms with Crippen LogP contribution >= 0.6 is 24.0 Å². The number of amides is 1. The second-order valence-corrected chi connectivity index (χ2v) is 7.33. The van der Waals surface area contributed by atoms with Crippen molar-refractivity contribution in [3.05, 3.63) is 65.5 Å². The van der Waals surface area contributed by atoms with Gasteiger partial charge in [-0.1, -0.05) is 24.3 Å².